The van der Waals surface area contributed by atoms with Gasteiger partial charge in [0.15, 0.2) is 0 Å². The Hall–Kier alpha value is -0.260. The van der Waals surface area contributed by atoms with Crippen LogP contribution in [-0.4, -0.2) is 0 Å². The van der Waals surface area contributed by atoms with Crippen LogP contribution in [0.15, 0.2) is 12.7 Å². The van der Waals surface area contributed by atoms with Gasteiger partial charge >= 0.3 is 0 Å². The minimum atomic E-state index is 0.956. The fourth-order valence-corrected chi connectivity index (χ4v) is 0.621. The minimum absolute atomic E-state index is 0.956. The highest BCUT2D eigenvalue weighted by molar-refractivity contribution is 4.91. The molecular formula is C7H11. The summed E-state index contributed by atoms with van der Waals surface area (Å²) in [5.41, 5.74) is 0. The molecule has 0 spiro atoms. The average Bonchev–Trinajstić information content (AvgIpc) is 2.42. The van der Waals surface area contributed by atoms with Crippen LogP contribution in [0, 0.1) is 12.3 Å². The molecule has 1 aliphatic rings. The Kier molecular flexibility index (Phi) is 1.50. The Balaban J connectivity index is 1.88. The lowest BCUT2D eigenvalue weighted by atomic mass is 10.2. The first-order valence-electron chi connectivity index (χ1n) is 2.87. The monoisotopic (exact) mass is 95.1 g/mol. The molecule has 1 rings (SSSR count). The fraction of sp³-hybridized carbons (Fsp3) is 0.571. The van der Waals surface area contributed by atoms with Gasteiger partial charge in [-0.05, 0) is 31.6 Å². The predicted molar refractivity (Wildman–Crippen MR) is 31.8 cm³/mol. The first-order chi connectivity index (χ1) is 3.43. The normalized spacial score (nSPS) is 19.4. The van der Waals surface area contributed by atoms with Crippen LogP contribution < -0.4 is 0 Å². The molecule has 1 fully saturated rings. The van der Waals surface area contributed by atoms with Gasteiger partial charge in [-0.15, -0.1) is 6.58 Å². The quantitative estimate of drug-likeness (QED) is 0.471. The van der Waals surface area contributed by atoms with Gasteiger partial charge in [-0.1, -0.05) is 6.08 Å². The summed E-state index contributed by atoms with van der Waals surface area (Å²) in [4.78, 5) is 0. The van der Waals surface area contributed by atoms with Crippen LogP contribution in [-0.2, 0) is 0 Å². The third-order valence-electron chi connectivity index (χ3n) is 1.26. The average molecular weight is 95.2 g/mol. The molecule has 0 aromatic rings. The van der Waals surface area contributed by atoms with E-state index in [9.17, 15) is 0 Å². The van der Waals surface area contributed by atoms with Crippen molar-refractivity contribution in [3.05, 3.63) is 19.1 Å². The minimum Gasteiger partial charge on any atom is -0.103 e. The molecule has 39 valence electrons. The van der Waals surface area contributed by atoms with Crippen molar-refractivity contribution in [3.8, 4) is 0 Å². The van der Waals surface area contributed by atoms with Crippen LogP contribution in [0.5, 0.6) is 0 Å². The molecule has 0 atom stereocenters. The van der Waals surface area contributed by atoms with Gasteiger partial charge in [-0.3, -0.25) is 0 Å². The fourth-order valence-electron chi connectivity index (χ4n) is 0.621. The number of hydrogen-bond acceptors (Lipinski definition) is 0. The maximum absolute atomic E-state index is 3.63. The topological polar surface area (TPSA) is 0 Å². The van der Waals surface area contributed by atoms with Gasteiger partial charge in [-0.2, -0.15) is 0 Å². The molecule has 0 aromatic carbocycles. The van der Waals surface area contributed by atoms with Crippen molar-refractivity contribution >= 4 is 0 Å². The lowest BCUT2D eigenvalue weighted by molar-refractivity contribution is 0.946. The van der Waals surface area contributed by atoms with E-state index in [0.29, 0.717) is 0 Å². The van der Waals surface area contributed by atoms with Crippen molar-refractivity contribution in [1.29, 1.82) is 0 Å². The van der Waals surface area contributed by atoms with E-state index in [1.807, 2.05) is 6.08 Å². The second-order valence-electron chi connectivity index (χ2n) is 2.10. The maximum atomic E-state index is 3.63. The Labute approximate surface area is 45.2 Å². The Morgan fingerprint density at radius 1 is 1.57 bits per heavy atom. The van der Waals surface area contributed by atoms with Crippen molar-refractivity contribution in [3.63, 3.8) is 0 Å². The van der Waals surface area contributed by atoms with Gasteiger partial charge < -0.3 is 0 Å². The molecule has 0 heteroatoms. The first-order valence-corrected chi connectivity index (χ1v) is 2.87. The second-order valence-corrected chi connectivity index (χ2v) is 2.10. The Morgan fingerprint density at radius 2 is 2.29 bits per heavy atom. The van der Waals surface area contributed by atoms with Gasteiger partial charge in [0.1, 0.15) is 0 Å². The SMILES string of the molecule is C=CC[CH]C1CC1. The summed E-state index contributed by atoms with van der Waals surface area (Å²) in [6, 6.07) is 0. The second kappa shape index (κ2) is 2.15. The smallest absolute Gasteiger partial charge is 0.0317 e. The lowest BCUT2D eigenvalue weighted by Crippen LogP contribution is -1.71. The summed E-state index contributed by atoms with van der Waals surface area (Å²) in [5, 5.41) is 0. The van der Waals surface area contributed by atoms with Gasteiger partial charge in [0.2, 0.25) is 0 Å². The van der Waals surface area contributed by atoms with Gasteiger partial charge in [0.05, 0.1) is 0 Å². The first kappa shape index (κ1) is 4.89. The van der Waals surface area contributed by atoms with E-state index in [1.165, 1.54) is 12.8 Å². The summed E-state index contributed by atoms with van der Waals surface area (Å²) >= 11 is 0. The molecule has 0 aliphatic heterocycles. The van der Waals surface area contributed by atoms with E-state index < -0.39 is 0 Å². The number of rotatable bonds is 3. The van der Waals surface area contributed by atoms with E-state index in [4.69, 9.17) is 0 Å². The highest BCUT2D eigenvalue weighted by Gasteiger charge is 2.19. The number of allylic oxidation sites excluding steroid dienone is 1. The summed E-state index contributed by atoms with van der Waals surface area (Å²) in [6.07, 6.45) is 8.25. The predicted octanol–water partition coefficient (Wildman–Crippen LogP) is 2.18. The highest BCUT2D eigenvalue weighted by Crippen LogP contribution is 2.32. The molecule has 0 bridgehead atoms. The van der Waals surface area contributed by atoms with Crippen molar-refractivity contribution in [2.75, 3.05) is 0 Å². The Bertz CT molecular complexity index is 60.4. The summed E-state index contributed by atoms with van der Waals surface area (Å²) in [5.74, 6) is 0.956. The molecule has 0 nitrogen and oxygen atoms in total. The molecule has 0 heterocycles. The zero-order valence-corrected chi connectivity index (χ0v) is 4.56. The molecule has 1 aliphatic carbocycles. The van der Waals surface area contributed by atoms with E-state index in [-0.39, 0.29) is 0 Å². The third-order valence-corrected chi connectivity index (χ3v) is 1.26. The summed E-state index contributed by atoms with van der Waals surface area (Å²) in [7, 11) is 0. The highest BCUT2D eigenvalue weighted by atomic mass is 14.2. The number of hydrogen-bond donors (Lipinski definition) is 0. The zero-order chi connectivity index (χ0) is 5.11. The van der Waals surface area contributed by atoms with E-state index >= 15 is 0 Å². The lowest BCUT2D eigenvalue weighted by Gasteiger charge is -1.84. The van der Waals surface area contributed by atoms with Crippen molar-refractivity contribution < 1.29 is 0 Å². The van der Waals surface area contributed by atoms with E-state index in [1.54, 1.807) is 0 Å². The molecule has 0 amide bonds. The van der Waals surface area contributed by atoms with Gasteiger partial charge in [0, 0.05) is 0 Å². The molecule has 0 saturated heterocycles. The van der Waals surface area contributed by atoms with Gasteiger partial charge in [-0.25, -0.2) is 0 Å². The molecule has 7 heavy (non-hydrogen) atoms. The maximum Gasteiger partial charge on any atom is -0.0317 e. The van der Waals surface area contributed by atoms with Gasteiger partial charge in [0.25, 0.3) is 0 Å². The van der Waals surface area contributed by atoms with Crippen molar-refractivity contribution in [1.82, 2.24) is 0 Å². The molecular weight excluding hydrogens is 84.1 g/mol. The largest absolute Gasteiger partial charge is 0.103 e. The zero-order valence-electron chi connectivity index (χ0n) is 4.56. The van der Waals surface area contributed by atoms with E-state index in [2.05, 4.69) is 13.0 Å². The molecule has 0 aromatic heterocycles. The summed E-state index contributed by atoms with van der Waals surface area (Å²) in [6.45, 7) is 3.63. The van der Waals surface area contributed by atoms with Crippen LogP contribution >= 0.6 is 0 Å². The molecule has 1 saturated carbocycles. The van der Waals surface area contributed by atoms with E-state index in [0.717, 1.165) is 12.3 Å². The van der Waals surface area contributed by atoms with Crippen molar-refractivity contribution in [2.45, 2.75) is 19.3 Å². The molecule has 0 N–H and O–H groups in total. The molecule has 1 radical (unpaired) electrons. The van der Waals surface area contributed by atoms with Crippen LogP contribution in [0.1, 0.15) is 19.3 Å². The van der Waals surface area contributed by atoms with Crippen molar-refractivity contribution in [2.24, 2.45) is 5.92 Å². The Morgan fingerprint density at radius 3 is 2.71 bits per heavy atom. The van der Waals surface area contributed by atoms with Crippen LogP contribution in [0.3, 0.4) is 0 Å². The van der Waals surface area contributed by atoms with Crippen LogP contribution in [0.25, 0.3) is 0 Å². The third kappa shape index (κ3) is 1.77. The van der Waals surface area contributed by atoms with Crippen LogP contribution in [0.2, 0.25) is 0 Å². The standard InChI is InChI=1S/C7H11/c1-2-3-4-7-5-6-7/h2,4,7H,1,3,5-6H2. The summed E-state index contributed by atoms with van der Waals surface area (Å²) < 4.78 is 0. The molecule has 0 unspecified atom stereocenters. The van der Waals surface area contributed by atoms with Crippen LogP contribution in [0.4, 0.5) is 0 Å².